The lowest BCUT2D eigenvalue weighted by Crippen LogP contribution is -2.63. The van der Waals surface area contributed by atoms with E-state index >= 15 is 24.0 Å². The maximum Gasteiger partial charge on any atom is 0.328 e. The molecule has 0 aliphatic carbocycles. The van der Waals surface area contributed by atoms with Gasteiger partial charge in [0.1, 0.15) is 84.6 Å². The van der Waals surface area contributed by atoms with Gasteiger partial charge in [-0.05, 0) is 87.7 Å². The molecule has 626 valence electrons. The Balaban J connectivity index is 1.80. The predicted octanol–water partition coefficient (Wildman–Crippen LogP) is 0.723. The Morgan fingerprint density at radius 2 is 1.13 bits per heavy atom. The van der Waals surface area contributed by atoms with Crippen molar-refractivity contribution in [3.05, 3.63) is 84.1 Å². The number of rotatable bonds is 20. The highest BCUT2D eigenvalue weighted by Crippen LogP contribution is 2.27. The van der Waals surface area contributed by atoms with Gasteiger partial charge in [-0.3, -0.25) is 67.1 Å². The molecule has 0 radical (unpaired) electrons. The fraction of sp³-hybridized carbons (Fsp3) is 0.628. The van der Waals surface area contributed by atoms with Gasteiger partial charge in [0.05, 0.1) is 11.8 Å². The van der Waals surface area contributed by atoms with Gasteiger partial charge in [0, 0.05) is 57.9 Å². The van der Waals surface area contributed by atoms with Crippen molar-refractivity contribution in [2.24, 2.45) is 23.7 Å². The van der Waals surface area contributed by atoms with Crippen molar-refractivity contribution in [2.75, 3.05) is 32.2 Å². The van der Waals surface area contributed by atoms with E-state index in [0.717, 1.165) is 26.5 Å². The Bertz CT molecular complexity index is 3640. The molecule has 113 heavy (non-hydrogen) atoms. The van der Waals surface area contributed by atoms with E-state index in [0.29, 0.717) is 24.0 Å². The number of esters is 1. The van der Waals surface area contributed by atoms with E-state index in [4.69, 9.17) is 9.47 Å². The smallest absolute Gasteiger partial charge is 0.328 e. The fourth-order valence-electron chi connectivity index (χ4n) is 12.8. The second-order valence-electron chi connectivity index (χ2n) is 29.8. The van der Waals surface area contributed by atoms with Crippen molar-refractivity contribution in [3.8, 4) is 0 Å². The van der Waals surface area contributed by atoms with Crippen LogP contribution in [-0.4, -0.2) is 238 Å². The quantitative estimate of drug-likeness (QED) is 0.0376. The minimum atomic E-state index is -1.96. The second-order valence-corrected chi connectivity index (χ2v) is 32.3. The van der Waals surface area contributed by atoms with E-state index in [2.05, 4.69) is 70.4 Å². The summed E-state index contributed by atoms with van der Waals surface area (Å²) in [7, 11) is 4.41. The molecule has 2 aromatic carbocycles. The van der Waals surface area contributed by atoms with Crippen molar-refractivity contribution in [3.63, 3.8) is 0 Å². The first-order chi connectivity index (χ1) is 53.5. The summed E-state index contributed by atoms with van der Waals surface area (Å²) in [5, 5.41) is 51.5. The zero-order valence-corrected chi connectivity index (χ0v) is 68.8. The highest BCUT2D eigenvalue weighted by atomic mass is 33.1. The summed E-state index contributed by atoms with van der Waals surface area (Å²) < 4.78 is 11.7. The third-order valence-corrected chi connectivity index (χ3v) is 23.0. The number of ether oxygens (including phenoxy) is 2. The minimum Gasteiger partial charge on any atom is -0.458 e. The molecule has 35 heteroatoms. The zero-order valence-electron chi connectivity index (χ0n) is 67.2. The first-order valence-electron chi connectivity index (χ1n) is 38.8. The molecule has 2 bridgehead atoms. The van der Waals surface area contributed by atoms with E-state index in [1.54, 1.807) is 95.3 Å². The van der Waals surface area contributed by atoms with Crippen LogP contribution >= 0.6 is 21.6 Å². The maximum atomic E-state index is 15.6. The monoisotopic (exact) mass is 1620 g/mol. The molecular formula is C78H118N14O19S2. The predicted molar refractivity (Wildman–Crippen MR) is 423 cm³/mol. The van der Waals surface area contributed by atoms with Crippen LogP contribution in [0.1, 0.15) is 158 Å². The molecule has 3 aliphatic rings. The van der Waals surface area contributed by atoms with Gasteiger partial charge in [-0.15, -0.1) is 0 Å². The highest BCUT2D eigenvalue weighted by Gasteiger charge is 2.45. The van der Waals surface area contributed by atoms with Crippen LogP contribution in [0.15, 0.2) is 72.9 Å². The molecule has 14 N–H and O–H groups in total. The Morgan fingerprint density at radius 3 is 1.70 bits per heavy atom. The molecule has 3 heterocycles. The van der Waals surface area contributed by atoms with Gasteiger partial charge >= 0.3 is 5.97 Å². The first-order valence-corrected chi connectivity index (χ1v) is 41.3. The van der Waals surface area contributed by atoms with Crippen molar-refractivity contribution in [2.45, 2.75) is 257 Å². The van der Waals surface area contributed by atoms with Crippen LogP contribution in [0.4, 0.5) is 0 Å². The zero-order chi connectivity index (χ0) is 84.1. The molecule has 3 saturated heterocycles. The number of methoxy groups -OCH3 is 1. The van der Waals surface area contributed by atoms with Gasteiger partial charge in [0.2, 0.25) is 76.8 Å². The number of carbonyl (C=O) groups excluding carboxylic acids is 15. The second kappa shape index (κ2) is 46.2. The SMILES string of the molecule is C=C1NC(=O)[C@H]([C@@H](C)CC)NC(=O)[C@@H]2CSSC[C@H](NC(=O)CCC(O)O)C(=O)N[C@H](Cc3ccccc3)C(=O)N[C@H](C)C(=O)N[C@@H](C[C@@H](C)CC)C(=O)N[C@@H](C(=O)N[C@H](Cc3ccccc3)C(=O)N3CCC[C@H]3C(=O)N2)[C@@H](C)OC(=O)[C@H](CC)NC(=O)[C@H]([C@@H](C)OC)N(C)C(=O)[C@@H](C(C)C)NC(=O)[C@H](C[C@H](C)CC)NC1=O. The molecule has 18 atom stereocenters. The van der Waals surface area contributed by atoms with Crippen LogP contribution in [0.3, 0.4) is 0 Å². The lowest BCUT2D eigenvalue weighted by Gasteiger charge is -2.36. The summed E-state index contributed by atoms with van der Waals surface area (Å²) in [4.78, 5) is 225. The third kappa shape index (κ3) is 28.7. The summed E-state index contributed by atoms with van der Waals surface area (Å²) >= 11 is 0. The number of fused-ring (bicyclic) bond motifs is 6. The van der Waals surface area contributed by atoms with Gasteiger partial charge in [-0.2, -0.15) is 0 Å². The maximum absolute atomic E-state index is 15.6. The fourth-order valence-corrected chi connectivity index (χ4v) is 15.2. The van der Waals surface area contributed by atoms with Crippen LogP contribution in [0, 0.1) is 23.7 Å². The number of amides is 14. The molecule has 0 spiro atoms. The van der Waals surface area contributed by atoms with Crippen molar-refractivity contribution in [1.29, 1.82) is 0 Å². The number of aliphatic hydroxyl groups excluding tert-OH is 1. The average Bonchev–Trinajstić information content (AvgIpc) is 1.75. The Hall–Kier alpha value is -9.19. The van der Waals surface area contributed by atoms with Crippen molar-refractivity contribution < 1.29 is 91.6 Å². The van der Waals surface area contributed by atoms with Crippen LogP contribution in [0.25, 0.3) is 0 Å². The van der Waals surface area contributed by atoms with Crippen LogP contribution in [0.2, 0.25) is 0 Å². The molecule has 3 fully saturated rings. The molecular weight excluding hydrogens is 1500 g/mol. The van der Waals surface area contributed by atoms with E-state index in [1.165, 1.54) is 46.8 Å². The highest BCUT2D eigenvalue weighted by molar-refractivity contribution is 8.76. The average molecular weight is 1620 g/mol. The van der Waals surface area contributed by atoms with Crippen LogP contribution < -0.4 is 63.8 Å². The number of benzene rings is 2. The molecule has 33 nitrogen and oxygen atoms in total. The van der Waals surface area contributed by atoms with Gasteiger partial charge in [-0.1, -0.05) is 170 Å². The van der Waals surface area contributed by atoms with Crippen molar-refractivity contribution in [1.82, 2.24) is 73.6 Å². The Kier molecular flexibility index (Phi) is 38.6. The molecule has 3 aliphatic heterocycles. The molecule has 14 amide bonds. The summed E-state index contributed by atoms with van der Waals surface area (Å²) in [5.74, 6) is -16.7. The number of likely N-dealkylation sites (N-methyl/N-ethyl adjacent to an activating group) is 1. The van der Waals surface area contributed by atoms with Gasteiger partial charge in [-0.25, -0.2) is 4.79 Å². The molecule has 5 rings (SSSR count). The standard InChI is InChI=1S/C78H118N14O19S2/c1-16-42(7)35-52-68(99)88-61(41(5)6)77(108)91(14)64(48(13)110-15)75(106)82-51(19-4)78(109)111-47(12)63-74(105)86-55(38-50-29-24-21-25-30-50)76(107)92-34-26-31-58(92)72(103)87-57(71(102)89-62(44(9)18-3)73(104)80-46(11)66(97)83-52)40-113-112-39-56(81-59(93)32-33-60(94)95)70(101)85-54(37-49-27-22-20-23-28-49)67(98)79-45(10)65(96)84-53(69(100)90-63)36-43(8)17-2/h20-25,27-30,41-45,47-48,51-58,60-64,94-95H,11,16-19,26,31-40H2,1-10,12-15H3,(H,79,98)(H,80,104)(H,81,93)(H,82,106)(H,83,97)(H,84,96)(H,85,101)(H,86,105)(H,87,103)(H,88,99)(H,89,102)(H,90,100)/t42-,43+,44+,45-,47-,48-,51+,52+,53+,54-,55-,56+,57+,58+,61-,62+,63-,64+/m1/s1. The van der Waals surface area contributed by atoms with E-state index in [-0.39, 0.29) is 81.3 Å². The van der Waals surface area contributed by atoms with E-state index in [1.807, 2.05) is 20.8 Å². The van der Waals surface area contributed by atoms with E-state index in [9.17, 15) is 58.2 Å². The normalized spacial score (nSPS) is 27.5. The number of hydrogen-bond acceptors (Lipinski definition) is 21. The topological polar surface area (TPSA) is 466 Å². The molecule has 2 aromatic rings. The lowest BCUT2D eigenvalue weighted by molar-refractivity contribution is -0.157. The third-order valence-electron chi connectivity index (χ3n) is 20.6. The number of aliphatic hydroxyl groups is 2. The van der Waals surface area contributed by atoms with Crippen LogP contribution in [0.5, 0.6) is 0 Å². The molecule has 0 saturated carbocycles. The summed E-state index contributed by atoms with van der Waals surface area (Å²) in [6.45, 7) is 23.3. The molecule has 0 unspecified atom stereocenters. The minimum absolute atomic E-state index is 0.00753. The number of nitrogens with one attached hydrogen (secondary N) is 12. The number of nitrogens with zero attached hydrogens (tertiary/aromatic N) is 2. The summed E-state index contributed by atoms with van der Waals surface area (Å²) in [6.07, 6.45) is -4.88. The number of carbonyl (C=O) groups is 15. The Labute approximate surface area is 669 Å². The van der Waals surface area contributed by atoms with Crippen molar-refractivity contribution >= 4 is 110 Å². The van der Waals surface area contributed by atoms with Crippen LogP contribution in [-0.2, 0) is 94.2 Å². The largest absolute Gasteiger partial charge is 0.458 e. The van der Waals surface area contributed by atoms with Gasteiger partial charge in [0.15, 0.2) is 6.29 Å². The number of cyclic esters (lactones) is 1. The lowest BCUT2D eigenvalue weighted by atomic mass is 9.96. The van der Waals surface area contributed by atoms with Gasteiger partial charge < -0.3 is 93.3 Å². The summed E-state index contributed by atoms with van der Waals surface area (Å²) in [6, 6.07) is -2.96. The summed E-state index contributed by atoms with van der Waals surface area (Å²) in [5.41, 5.74) is 0.482. The Morgan fingerprint density at radius 1 is 0.593 bits per heavy atom. The number of hydrogen-bond donors (Lipinski definition) is 14. The molecule has 0 aromatic heterocycles. The first kappa shape index (κ1) is 94.4. The van der Waals surface area contributed by atoms with Gasteiger partial charge in [0.25, 0.3) is 5.91 Å². The van der Waals surface area contributed by atoms with E-state index < -0.39 is 216 Å².